The number of hydrogen-bond donors (Lipinski definition) is 1. The zero-order valence-corrected chi connectivity index (χ0v) is 11.6. The normalized spacial score (nSPS) is 24.4. The Bertz CT molecular complexity index is 289. The first-order chi connectivity index (χ1) is 8.80. The molecule has 0 bridgehead atoms. The standard InChI is InChI=1S/C15H26N2O/c1-2-17-15(11-16,14-8-9-14)12-18-10-13-6-4-3-5-7-13/h13-14,17H,2-10,12H2,1H3. The SMILES string of the molecule is CCNC(C#N)(COCC1CCCCC1)C1CC1. The average molecular weight is 250 g/mol. The van der Waals surface area contributed by atoms with E-state index in [4.69, 9.17) is 4.74 Å². The molecule has 3 heteroatoms. The van der Waals surface area contributed by atoms with Crippen LogP contribution < -0.4 is 5.32 Å². The predicted molar refractivity (Wildman–Crippen MR) is 72.1 cm³/mol. The van der Waals surface area contributed by atoms with E-state index in [9.17, 15) is 5.26 Å². The predicted octanol–water partition coefficient (Wildman–Crippen LogP) is 2.87. The van der Waals surface area contributed by atoms with Gasteiger partial charge in [-0.15, -0.1) is 0 Å². The van der Waals surface area contributed by atoms with E-state index in [1.54, 1.807) is 0 Å². The first-order valence-corrected chi connectivity index (χ1v) is 7.55. The Balaban J connectivity index is 1.76. The van der Waals surface area contributed by atoms with Crippen molar-refractivity contribution in [2.75, 3.05) is 19.8 Å². The molecule has 0 spiro atoms. The summed E-state index contributed by atoms with van der Waals surface area (Å²) in [6, 6.07) is 2.48. The highest BCUT2D eigenvalue weighted by Gasteiger charge is 2.45. The summed E-state index contributed by atoms with van der Waals surface area (Å²) in [5.74, 6) is 1.24. The van der Waals surface area contributed by atoms with Gasteiger partial charge < -0.3 is 4.74 Å². The molecule has 0 saturated heterocycles. The molecule has 0 heterocycles. The summed E-state index contributed by atoms with van der Waals surface area (Å²) in [6.45, 7) is 4.33. The van der Waals surface area contributed by atoms with Crippen molar-refractivity contribution in [3.05, 3.63) is 0 Å². The largest absolute Gasteiger partial charge is 0.378 e. The topological polar surface area (TPSA) is 45.0 Å². The van der Waals surface area contributed by atoms with Crippen LogP contribution in [0.4, 0.5) is 0 Å². The van der Waals surface area contributed by atoms with Crippen molar-refractivity contribution in [2.24, 2.45) is 11.8 Å². The molecule has 18 heavy (non-hydrogen) atoms. The second kappa shape index (κ2) is 6.54. The van der Waals surface area contributed by atoms with Gasteiger partial charge in [0.05, 0.1) is 12.7 Å². The third-order valence-corrected chi connectivity index (χ3v) is 4.37. The average Bonchev–Trinajstić information content (AvgIpc) is 3.24. The van der Waals surface area contributed by atoms with Gasteiger partial charge in [-0.05, 0) is 44.1 Å². The van der Waals surface area contributed by atoms with Gasteiger partial charge >= 0.3 is 0 Å². The number of likely N-dealkylation sites (N-methyl/N-ethyl adjacent to an activating group) is 1. The Kier molecular flexibility index (Phi) is 5.03. The molecule has 0 aromatic heterocycles. The molecule has 1 unspecified atom stereocenters. The van der Waals surface area contributed by atoms with Crippen molar-refractivity contribution in [3.63, 3.8) is 0 Å². The molecular formula is C15H26N2O. The van der Waals surface area contributed by atoms with Crippen molar-refractivity contribution in [1.82, 2.24) is 5.32 Å². The molecule has 0 radical (unpaired) electrons. The summed E-state index contributed by atoms with van der Waals surface area (Å²) in [5, 5.41) is 12.8. The fourth-order valence-electron chi connectivity index (χ4n) is 3.11. The van der Waals surface area contributed by atoms with E-state index >= 15 is 0 Å². The van der Waals surface area contributed by atoms with E-state index in [-0.39, 0.29) is 0 Å². The molecule has 1 N–H and O–H groups in total. The zero-order chi connectivity index (χ0) is 12.8. The second-order valence-corrected chi connectivity index (χ2v) is 5.91. The van der Waals surface area contributed by atoms with Gasteiger partial charge in [0.25, 0.3) is 0 Å². The van der Waals surface area contributed by atoms with E-state index in [1.165, 1.54) is 44.9 Å². The maximum Gasteiger partial charge on any atom is 0.133 e. The number of rotatable bonds is 7. The van der Waals surface area contributed by atoms with E-state index in [0.717, 1.165) is 19.1 Å². The highest BCUT2D eigenvalue weighted by Crippen LogP contribution is 2.39. The zero-order valence-electron chi connectivity index (χ0n) is 11.6. The summed E-state index contributed by atoms with van der Waals surface area (Å²) in [7, 11) is 0. The fraction of sp³-hybridized carbons (Fsp3) is 0.933. The summed E-state index contributed by atoms with van der Waals surface area (Å²) < 4.78 is 5.90. The smallest absolute Gasteiger partial charge is 0.133 e. The van der Waals surface area contributed by atoms with Crippen LogP contribution in [0.1, 0.15) is 51.9 Å². The Morgan fingerprint density at radius 1 is 1.22 bits per heavy atom. The summed E-state index contributed by atoms with van der Waals surface area (Å²) in [6.07, 6.45) is 9.06. The van der Waals surface area contributed by atoms with Gasteiger partial charge in [0.2, 0.25) is 0 Å². The molecule has 2 saturated carbocycles. The summed E-state index contributed by atoms with van der Waals surface area (Å²) >= 11 is 0. The first kappa shape index (κ1) is 13.8. The molecule has 0 aliphatic heterocycles. The van der Waals surface area contributed by atoms with Crippen LogP contribution in [-0.2, 0) is 4.74 Å². The first-order valence-electron chi connectivity index (χ1n) is 7.55. The number of ether oxygens (including phenoxy) is 1. The van der Waals surface area contributed by atoms with Gasteiger partial charge in [0.15, 0.2) is 0 Å². The number of nitrogens with zero attached hydrogens (tertiary/aromatic N) is 1. The minimum atomic E-state index is -0.413. The lowest BCUT2D eigenvalue weighted by atomic mass is 9.90. The van der Waals surface area contributed by atoms with Crippen LogP contribution in [0.2, 0.25) is 0 Å². The highest BCUT2D eigenvalue weighted by molar-refractivity contribution is 5.15. The molecule has 3 nitrogen and oxygen atoms in total. The van der Waals surface area contributed by atoms with E-state index in [2.05, 4.69) is 18.3 Å². The maximum absolute atomic E-state index is 9.46. The number of nitrogens with one attached hydrogen (secondary N) is 1. The fourth-order valence-corrected chi connectivity index (χ4v) is 3.11. The molecule has 1 atom stereocenters. The van der Waals surface area contributed by atoms with Gasteiger partial charge in [-0.3, -0.25) is 5.32 Å². The second-order valence-electron chi connectivity index (χ2n) is 5.91. The van der Waals surface area contributed by atoms with Crippen LogP contribution >= 0.6 is 0 Å². The Hall–Kier alpha value is -0.590. The lowest BCUT2D eigenvalue weighted by Crippen LogP contribution is -2.50. The molecule has 2 aliphatic carbocycles. The molecular weight excluding hydrogens is 224 g/mol. The number of hydrogen-bond acceptors (Lipinski definition) is 3. The van der Waals surface area contributed by atoms with Crippen molar-refractivity contribution in [2.45, 2.75) is 57.4 Å². The van der Waals surface area contributed by atoms with Crippen molar-refractivity contribution in [1.29, 1.82) is 5.26 Å². The van der Waals surface area contributed by atoms with Crippen LogP contribution in [0.15, 0.2) is 0 Å². The van der Waals surface area contributed by atoms with E-state index in [0.29, 0.717) is 12.5 Å². The minimum Gasteiger partial charge on any atom is -0.378 e. The highest BCUT2D eigenvalue weighted by atomic mass is 16.5. The van der Waals surface area contributed by atoms with Gasteiger partial charge in [0.1, 0.15) is 5.54 Å². The molecule has 0 aromatic rings. The lowest BCUT2D eigenvalue weighted by Gasteiger charge is -2.29. The third-order valence-electron chi connectivity index (χ3n) is 4.37. The molecule has 2 rings (SSSR count). The lowest BCUT2D eigenvalue weighted by molar-refractivity contribution is 0.0479. The summed E-state index contributed by atoms with van der Waals surface area (Å²) in [5.41, 5.74) is -0.413. The van der Waals surface area contributed by atoms with Crippen LogP contribution in [0.3, 0.4) is 0 Å². The van der Waals surface area contributed by atoms with E-state index in [1.807, 2.05) is 0 Å². The summed E-state index contributed by atoms with van der Waals surface area (Å²) in [4.78, 5) is 0. The van der Waals surface area contributed by atoms with E-state index < -0.39 is 5.54 Å². The molecule has 2 fully saturated rings. The monoisotopic (exact) mass is 250 g/mol. The Labute approximate surface area is 111 Å². The number of nitriles is 1. The van der Waals surface area contributed by atoms with Gasteiger partial charge in [-0.2, -0.15) is 5.26 Å². The Morgan fingerprint density at radius 3 is 2.50 bits per heavy atom. The van der Waals surface area contributed by atoms with Crippen molar-refractivity contribution in [3.8, 4) is 6.07 Å². The maximum atomic E-state index is 9.46. The van der Waals surface area contributed by atoms with Crippen LogP contribution in [0, 0.1) is 23.2 Å². The molecule has 102 valence electrons. The molecule has 0 aromatic carbocycles. The van der Waals surface area contributed by atoms with Crippen LogP contribution in [-0.4, -0.2) is 25.3 Å². The minimum absolute atomic E-state index is 0.413. The van der Waals surface area contributed by atoms with Crippen LogP contribution in [0.25, 0.3) is 0 Å². The van der Waals surface area contributed by atoms with Crippen molar-refractivity contribution < 1.29 is 4.74 Å². The van der Waals surface area contributed by atoms with Gasteiger partial charge in [-0.25, -0.2) is 0 Å². The molecule has 0 amide bonds. The Morgan fingerprint density at radius 2 is 1.94 bits per heavy atom. The van der Waals surface area contributed by atoms with Gasteiger partial charge in [-0.1, -0.05) is 26.2 Å². The quantitative estimate of drug-likeness (QED) is 0.755. The van der Waals surface area contributed by atoms with Gasteiger partial charge in [0, 0.05) is 6.61 Å². The molecule has 2 aliphatic rings. The van der Waals surface area contributed by atoms with Crippen LogP contribution in [0.5, 0.6) is 0 Å². The van der Waals surface area contributed by atoms with Crippen molar-refractivity contribution >= 4 is 0 Å². The third kappa shape index (κ3) is 3.46.